The molecule has 0 aliphatic rings. The Morgan fingerprint density at radius 3 is 2.59 bits per heavy atom. The van der Waals surface area contributed by atoms with Gasteiger partial charge >= 0.3 is 5.69 Å². The average molecular weight is 452 g/mol. The van der Waals surface area contributed by atoms with Crippen LogP contribution >= 0.6 is 11.6 Å². The van der Waals surface area contributed by atoms with E-state index in [2.05, 4.69) is 32.5 Å². The minimum atomic E-state index is -0.0673. The van der Waals surface area contributed by atoms with Crippen LogP contribution in [0.4, 0.5) is 0 Å². The highest BCUT2D eigenvalue weighted by atomic mass is 35.5. The van der Waals surface area contributed by atoms with Gasteiger partial charge in [-0.15, -0.1) is 10.2 Å². The highest BCUT2D eigenvalue weighted by molar-refractivity contribution is 6.30. The van der Waals surface area contributed by atoms with Crippen LogP contribution in [0.3, 0.4) is 0 Å². The SMILES string of the molecule is CCCCc1c(Cl)n(CCC)c(=O)n1Cc1ccccc1-c1cccnc1-c1nn[nH]n1. The van der Waals surface area contributed by atoms with Gasteiger partial charge in [0.15, 0.2) is 0 Å². The molecule has 0 aliphatic carbocycles. The van der Waals surface area contributed by atoms with Gasteiger partial charge in [0.2, 0.25) is 5.82 Å². The second-order valence-corrected chi connectivity index (χ2v) is 8.01. The number of benzene rings is 1. The van der Waals surface area contributed by atoms with Crippen molar-refractivity contribution in [2.45, 2.75) is 52.6 Å². The summed E-state index contributed by atoms with van der Waals surface area (Å²) >= 11 is 6.67. The largest absolute Gasteiger partial charge is 0.329 e. The topological polar surface area (TPSA) is 94.3 Å². The molecule has 166 valence electrons. The number of halogens is 1. The molecule has 0 saturated heterocycles. The molecule has 0 atom stereocenters. The predicted molar refractivity (Wildman–Crippen MR) is 125 cm³/mol. The lowest BCUT2D eigenvalue weighted by Gasteiger charge is -2.14. The Kier molecular flexibility index (Phi) is 6.80. The van der Waals surface area contributed by atoms with Crippen LogP contribution in [0.25, 0.3) is 22.6 Å². The van der Waals surface area contributed by atoms with E-state index in [1.807, 2.05) is 47.9 Å². The number of pyridine rings is 1. The molecule has 4 rings (SSSR count). The second-order valence-electron chi connectivity index (χ2n) is 7.65. The fraction of sp³-hybridized carbons (Fsp3) is 0.348. The zero-order chi connectivity index (χ0) is 22.5. The lowest BCUT2D eigenvalue weighted by atomic mass is 9.98. The molecule has 8 nitrogen and oxygen atoms in total. The molecule has 1 aromatic carbocycles. The Balaban J connectivity index is 1.81. The fourth-order valence-corrected chi connectivity index (χ4v) is 4.28. The summed E-state index contributed by atoms with van der Waals surface area (Å²) in [7, 11) is 0. The first-order chi connectivity index (χ1) is 15.7. The maximum absolute atomic E-state index is 13.3. The molecular formula is C23H26ClN7O. The lowest BCUT2D eigenvalue weighted by molar-refractivity contribution is 0.618. The van der Waals surface area contributed by atoms with Crippen LogP contribution in [0.5, 0.6) is 0 Å². The Morgan fingerprint density at radius 1 is 1.03 bits per heavy atom. The van der Waals surface area contributed by atoms with Crippen molar-refractivity contribution in [1.82, 2.24) is 34.7 Å². The molecule has 0 bridgehead atoms. The third kappa shape index (κ3) is 4.23. The van der Waals surface area contributed by atoms with E-state index in [4.69, 9.17) is 11.6 Å². The number of unbranched alkanes of at least 4 members (excludes halogenated alkanes) is 1. The molecule has 4 aromatic rings. The molecule has 0 saturated carbocycles. The Morgan fingerprint density at radius 2 is 1.84 bits per heavy atom. The average Bonchev–Trinajstić information content (AvgIpc) is 3.43. The van der Waals surface area contributed by atoms with Gasteiger partial charge in [-0.1, -0.05) is 62.2 Å². The van der Waals surface area contributed by atoms with Crippen molar-refractivity contribution < 1.29 is 0 Å². The van der Waals surface area contributed by atoms with Gasteiger partial charge in [0.25, 0.3) is 0 Å². The summed E-state index contributed by atoms with van der Waals surface area (Å²) in [4.78, 5) is 17.8. The fourth-order valence-electron chi connectivity index (χ4n) is 3.93. The van der Waals surface area contributed by atoms with Crippen molar-refractivity contribution in [1.29, 1.82) is 0 Å². The number of H-pyrrole nitrogens is 1. The standard InChI is InChI=1S/C23H26ClN7O/c1-3-5-12-19-21(24)30(14-4-2)23(32)31(19)15-16-9-6-7-10-17(16)18-11-8-13-25-20(18)22-26-28-29-27-22/h6-11,13H,3-5,12,14-15H2,1-2H3,(H,26,27,28,29). The summed E-state index contributed by atoms with van der Waals surface area (Å²) in [6, 6.07) is 11.9. The van der Waals surface area contributed by atoms with Crippen LogP contribution in [0, 0.1) is 0 Å². The van der Waals surface area contributed by atoms with Gasteiger partial charge in [0, 0.05) is 18.3 Å². The minimum Gasteiger partial charge on any atom is -0.290 e. The third-order valence-electron chi connectivity index (χ3n) is 5.48. The molecule has 9 heteroatoms. The summed E-state index contributed by atoms with van der Waals surface area (Å²) in [6.07, 6.45) is 5.32. The van der Waals surface area contributed by atoms with Gasteiger partial charge in [-0.3, -0.25) is 14.1 Å². The van der Waals surface area contributed by atoms with E-state index in [1.165, 1.54) is 0 Å². The number of tetrazole rings is 1. The van der Waals surface area contributed by atoms with Crippen molar-refractivity contribution in [3.05, 3.63) is 69.5 Å². The molecule has 1 N–H and O–H groups in total. The first-order valence-electron chi connectivity index (χ1n) is 10.9. The summed E-state index contributed by atoms with van der Waals surface area (Å²) in [5.74, 6) is 0.424. The van der Waals surface area contributed by atoms with Gasteiger partial charge in [-0.05, 0) is 41.7 Å². The summed E-state index contributed by atoms with van der Waals surface area (Å²) in [5.41, 5.74) is 4.30. The summed E-state index contributed by atoms with van der Waals surface area (Å²) < 4.78 is 3.50. The van der Waals surface area contributed by atoms with Crippen molar-refractivity contribution in [2.75, 3.05) is 0 Å². The monoisotopic (exact) mass is 451 g/mol. The van der Waals surface area contributed by atoms with Gasteiger partial charge in [-0.25, -0.2) is 4.79 Å². The molecule has 0 amide bonds. The van der Waals surface area contributed by atoms with Crippen LogP contribution in [0.2, 0.25) is 5.15 Å². The van der Waals surface area contributed by atoms with Gasteiger partial charge < -0.3 is 0 Å². The highest BCUT2D eigenvalue weighted by Gasteiger charge is 2.20. The van der Waals surface area contributed by atoms with Crippen LogP contribution in [0.15, 0.2) is 47.4 Å². The van der Waals surface area contributed by atoms with E-state index in [-0.39, 0.29) is 5.69 Å². The number of hydrogen-bond donors (Lipinski definition) is 1. The van der Waals surface area contributed by atoms with Crippen molar-refractivity contribution in [3.63, 3.8) is 0 Å². The quantitative estimate of drug-likeness (QED) is 0.408. The third-order valence-corrected chi connectivity index (χ3v) is 5.90. The molecule has 0 unspecified atom stereocenters. The minimum absolute atomic E-state index is 0.0673. The first-order valence-corrected chi connectivity index (χ1v) is 11.3. The normalized spacial score (nSPS) is 11.2. The first kappa shape index (κ1) is 22.0. The van der Waals surface area contributed by atoms with Crippen LogP contribution in [-0.2, 0) is 19.5 Å². The van der Waals surface area contributed by atoms with E-state index in [1.54, 1.807) is 10.8 Å². The zero-order valence-electron chi connectivity index (χ0n) is 18.3. The molecular weight excluding hydrogens is 426 g/mol. The van der Waals surface area contributed by atoms with Crippen molar-refractivity contribution in [3.8, 4) is 22.6 Å². The maximum Gasteiger partial charge on any atom is 0.329 e. The van der Waals surface area contributed by atoms with Gasteiger partial charge in [-0.2, -0.15) is 5.21 Å². The van der Waals surface area contributed by atoms with Gasteiger partial charge in [0.05, 0.1) is 12.2 Å². The summed E-state index contributed by atoms with van der Waals surface area (Å²) in [6.45, 7) is 5.21. The Labute approximate surface area is 191 Å². The van der Waals surface area contributed by atoms with E-state index in [0.29, 0.717) is 29.8 Å². The van der Waals surface area contributed by atoms with E-state index < -0.39 is 0 Å². The molecule has 3 aromatic heterocycles. The van der Waals surface area contributed by atoms with Crippen LogP contribution in [0.1, 0.15) is 44.4 Å². The number of aromatic amines is 1. The van der Waals surface area contributed by atoms with Crippen LogP contribution < -0.4 is 5.69 Å². The number of nitrogens with zero attached hydrogens (tertiary/aromatic N) is 6. The molecule has 0 radical (unpaired) electrons. The molecule has 0 spiro atoms. The smallest absolute Gasteiger partial charge is 0.290 e. The van der Waals surface area contributed by atoms with E-state index >= 15 is 0 Å². The van der Waals surface area contributed by atoms with Crippen molar-refractivity contribution >= 4 is 11.6 Å². The zero-order valence-corrected chi connectivity index (χ0v) is 19.0. The Hall–Kier alpha value is -3.26. The molecule has 3 heterocycles. The Bertz CT molecular complexity index is 1240. The number of rotatable bonds is 9. The molecule has 32 heavy (non-hydrogen) atoms. The number of nitrogens with one attached hydrogen (secondary N) is 1. The highest BCUT2D eigenvalue weighted by Crippen LogP contribution is 2.31. The van der Waals surface area contributed by atoms with Crippen LogP contribution in [-0.4, -0.2) is 34.7 Å². The van der Waals surface area contributed by atoms with Crippen molar-refractivity contribution in [2.24, 2.45) is 0 Å². The predicted octanol–water partition coefficient (Wildman–Crippen LogP) is 4.35. The lowest BCUT2D eigenvalue weighted by Crippen LogP contribution is -2.26. The van der Waals surface area contributed by atoms with E-state index in [0.717, 1.165) is 48.1 Å². The number of imidazole rings is 1. The number of aromatic nitrogens is 7. The summed E-state index contributed by atoms with van der Waals surface area (Å²) in [5, 5.41) is 14.9. The van der Waals surface area contributed by atoms with E-state index in [9.17, 15) is 4.79 Å². The van der Waals surface area contributed by atoms with Gasteiger partial charge in [0.1, 0.15) is 10.8 Å². The molecule has 0 fully saturated rings. The second kappa shape index (κ2) is 9.91. The maximum atomic E-state index is 13.3. The molecule has 0 aliphatic heterocycles. The number of hydrogen-bond acceptors (Lipinski definition) is 5.